The van der Waals surface area contributed by atoms with Crippen LogP contribution in [-0.2, 0) is 35.5 Å². The molecule has 7 rings (SSSR count). The van der Waals surface area contributed by atoms with E-state index in [0.29, 0.717) is 38.8 Å². The van der Waals surface area contributed by atoms with Crippen molar-refractivity contribution in [1.82, 2.24) is 0 Å². The van der Waals surface area contributed by atoms with Crippen LogP contribution in [0.4, 0.5) is 0 Å². The fraction of sp³-hybridized carbons (Fsp3) is 0.190. The van der Waals surface area contributed by atoms with Crippen LogP contribution in [-0.4, -0.2) is 11.6 Å². The molecule has 258 valence electrons. The highest BCUT2D eigenvalue weighted by molar-refractivity contribution is 7.30. The molecule has 0 radical (unpaired) electrons. The van der Waals surface area contributed by atoms with E-state index >= 15 is 0 Å². The summed E-state index contributed by atoms with van der Waals surface area (Å²) >= 11 is 8.98. The zero-order chi connectivity index (χ0) is 35.5. The van der Waals surface area contributed by atoms with Gasteiger partial charge < -0.3 is 21.1 Å². The molecule has 4 N–H and O–H groups in total. The van der Waals surface area contributed by atoms with E-state index in [1.807, 2.05) is 12.1 Å². The van der Waals surface area contributed by atoms with E-state index in [4.69, 9.17) is 11.5 Å². The summed E-state index contributed by atoms with van der Waals surface area (Å²) in [7, 11) is 0. The predicted molar refractivity (Wildman–Crippen MR) is 222 cm³/mol. The molecule has 7 aromatic rings. The summed E-state index contributed by atoms with van der Waals surface area (Å²) in [6, 6.07) is 34.5. The molecule has 0 aliphatic rings. The summed E-state index contributed by atoms with van der Waals surface area (Å²) in [5.74, 6) is 0.392. The van der Waals surface area contributed by atoms with Gasteiger partial charge in [0.15, 0.2) is 0 Å². The quantitative estimate of drug-likeness (QED) is 0.115. The van der Waals surface area contributed by atoms with E-state index in [2.05, 4.69) is 84.9 Å². The SMILES string of the molecule is CC(=O)CCc1cc(-c2ccc(-c3ccccc3CN)s2)sc1-c1ccc(-c2sc(-c3ccc(-c4ccccc4CN)s3)cc2CCC(C)=O)s1. The number of nitrogens with two attached hydrogens (primary N) is 2. The first-order valence-corrected chi connectivity index (χ1v) is 21.0. The Bertz CT molecular complexity index is 2170. The van der Waals surface area contributed by atoms with E-state index in [0.717, 1.165) is 11.1 Å². The maximum Gasteiger partial charge on any atom is 0.130 e. The lowest BCUT2D eigenvalue weighted by atomic mass is 10.1. The van der Waals surface area contributed by atoms with Gasteiger partial charge in [0.2, 0.25) is 0 Å². The minimum Gasteiger partial charge on any atom is -0.326 e. The Hall–Kier alpha value is -3.80. The number of thiophene rings is 5. The first-order chi connectivity index (χ1) is 24.8. The van der Waals surface area contributed by atoms with Crippen molar-refractivity contribution in [2.45, 2.75) is 52.6 Å². The third kappa shape index (κ3) is 7.85. The second-order valence-corrected chi connectivity index (χ2v) is 17.9. The molecule has 0 spiro atoms. The molecule has 0 bridgehead atoms. The van der Waals surface area contributed by atoms with Crippen molar-refractivity contribution in [3.63, 3.8) is 0 Å². The Labute approximate surface area is 319 Å². The predicted octanol–water partition coefficient (Wildman–Crippen LogP) is 12.0. The number of hydrogen-bond acceptors (Lipinski definition) is 9. The standard InChI is InChI=1S/C42H38N2O2S5/c1-25(45)11-13-27-21-39(35-17-15-33(47-35)31-9-5-3-7-29(31)23-43)50-41(27)37-19-20-38(49-37)42-28(14-12-26(2)46)22-40(51-42)36-18-16-34(48-36)32-10-6-4-8-30(32)24-44/h3-10,15-22H,11-14,23-24,43-44H2,1-2H3. The van der Waals surface area contributed by atoms with Crippen LogP contribution in [0, 0.1) is 0 Å². The summed E-state index contributed by atoms with van der Waals surface area (Å²) in [6.07, 6.45) is 2.46. The average Bonchev–Trinajstić information content (AvgIpc) is 3.98. The fourth-order valence-corrected chi connectivity index (χ4v) is 12.2. The number of ketones is 2. The van der Waals surface area contributed by atoms with Crippen LogP contribution >= 0.6 is 56.7 Å². The summed E-state index contributed by atoms with van der Waals surface area (Å²) in [6.45, 7) is 4.34. The van der Waals surface area contributed by atoms with E-state index in [9.17, 15) is 9.59 Å². The molecule has 4 nitrogen and oxygen atoms in total. The fourth-order valence-electron chi connectivity index (χ4n) is 6.20. The molecular formula is C42H38N2O2S5. The smallest absolute Gasteiger partial charge is 0.130 e. The van der Waals surface area contributed by atoms with Gasteiger partial charge in [0.1, 0.15) is 11.6 Å². The Morgan fingerprint density at radius 1 is 0.451 bits per heavy atom. The van der Waals surface area contributed by atoms with Gasteiger partial charge in [0, 0.05) is 74.7 Å². The molecule has 0 aliphatic carbocycles. The van der Waals surface area contributed by atoms with E-state index < -0.39 is 0 Å². The van der Waals surface area contributed by atoms with Crippen molar-refractivity contribution in [3.05, 3.63) is 119 Å². The normalized spacial score (nSPS) is 11.4. The van der Waals surface area contributed by atoms with E-state index in [1.165, 1.54) is 71.0 Å². The van der Waals surface area contributed by atoms with Crippen LogP contribution in [0.25, 0.3) is 59.9 Å². The molecule has 0 unspecified atom stereocenters. The highest BCUT2D eigenvalue weighted by atomic mass is 32.1. The molecule has 0 fully saturated rings. The topological polar surface area (TPSA) is 86.2 Å². The Morgan fingerprint density at radius 2 is 0.824 bits per heavy atom. The number of hydrogen-bond donors (Lipinski definition) is 2. The number of Topliss-reactive ketones (excluding diaryl/α,β-unsaturated/α-hetero) is 2. The van der Waals surface area contributed by atoms with Gasteiger partial charge in [0.05, 0.1) is 0 Å². The largest absolute Gasteiger partial charge is 0.326 e. The number of carbonyl (C=O) groups is 2. The third-order valence-corrected chi connectivity index (χ3v) is 15.3. The summed E-state index contributed by atoms with van der Waals surface area (Å²) in [4.78, 5) is 36.3. The van der Waals surface area contributed by atoms with E-state index in [1.54, 1.807) is 70.5 Å². The first-order valence-electron chi connectivity index (χ1n) is 16.9. The molecule has 0 saturated heterocycles. The van der Waals surface area contributed by atoms with Crippen LogP contribution in [0.2, 0.25) is 0 Å². The van der Waals surface area contributed by atoms with Gasteiger partial charge in [-0.3, -0.25) is 0 Å². The van der Waals surface area contributed by atoms with Crippen LogP contribution in [0.5, 0.6) is 0 Å². The van der Waals surface area contributed by atoms with Crippen molar-refractivity contribution in [2.24, 2.45) is 11.5 Å². The molecule has 5 aromatic heterocycles. The molecule has 5 heterocycles. The first kappa shape index (κ1) is 35.6. The van der Waals surface area contributed by atoms with Gasteiger partial charge in [-0.1, -0.05) is 48.5 Å². The lowest BCUT2D eigenvalue weighted by molar-refractivity contribution is -0.117. The lowest BCUT2D eigenvalue weighted by Gasteiger charge is -2.04. The molecular weight excluding hydrogens is 725 g/mol. The Kier molecular flexibility index (Phi) is 11.1. The number of aryl methyl sites for hydroxylation is 2. The van der Waals surface area contributed by atoms with Crippen molar-refractivity contribution in [1.29, 1.82) is 0 Å². The maximum atomic E-state index is 12.1. The zero-order valence-corrected chi connectivity index (χ0v) is 32.6. The molecule has 0 saturated carbocycles. The monoisotopic (exact) mass is 762 g/mol. The number of benzene rings is 2. The third-order valence-electron chi connectivity index (χ3n) is 8.87. The summed E-state index contributed by atoms with van der Waals surface area (Å²) < 4.78 is 0. The minimum atomic E-state index is 0.196. The van der Waals surface area contributed by atoms with Crippen LogP contribution in [0.3, 0.4) is 0 Å². The van der Waals surface area contributed by atoms with Crippen LogP contribution in [0.1, 0.15) is 48.9 Å². The second kappa shape index (κ2) is 15.8. The molecule has 2 aromatic carbocycles. The maximum absolute atomic E-state index is 12.1. The average molecular weight is 763 g/mol. The van der Waals surface area contributed by atoms with Gasteiger partial charge in [-0.25, -0.2) is 0 Å². The zero-order valence-electron chi connectivity index (χ0n) is 28.5. The number of carbonyl (C=O) groups excluding carboxylic acids is 2. The Balaban J connectivity index is 1.23. The van der Waals surface area contributed by atoms with E-state index in [-0.39, 0.29) is 11.6 Å². The molecule has 51 heavy (non-hydrogen) atoms. The van der Waals surface area contributed by atoms with Gasteiger partial charge in [-0.05, 0) is 109 Å². The molecule has 0 aliphatic heterocycles. The summed E-state index contributed by atoms with van der Waals surface area (Å²) in [5, 5.41) is 0. The Morgan fingerprint density at radius 3 is 1.24 bits per heavy atom. The highest BCUT2D eigenvalue weighted by Crippen LogP contribution is 2.49. The number of rotatable bonds is 14. The van der Waals surface area contributed by atoms with Crippen molar-refractivity contribution < 1.29 is 9.59 Å². The second-order valence-electron chi connectivity index (χ2n) is 12.5. The highest BCUT2D eigenvalue weighted by Gasteiger charge is 2.20. The van der Waals surface area contributed by atoms with Crippen LogP contribution in [0.15, 0.2) is 97.1 Å². The summed E-state index contributed by atoms with van der Waals surface area (Å²) in [5.41, 5.74) is 19.2. The van der Waals surface area contributed by atoms with Crippen molar-refractivity contribution >= 4 is 68.3 Å². The van der Waals surface area contributed by atoms with Crippen molar-refractivity contribution in [3.8, 4) is 59.9 Å². The van der Waals surface area contributed by atoms with Gasteiger partial charge in [-0.15, -0.1) is 56.7 Å². The van der Waals surface area contributed by atoms with Gasteiger partial charge >= 0.3 is 0 Å². The van der Waals surface area contributed by atoms with Gasteiger partial charge in [0.25, 0.3) is 0 Å². The molecule has 0 amide bonds. The minimum absolute atomic E-state index is 0.196. The molecule has 9 heteroatoms. The van der Waals surface area contributed by atoms with Gasteiger partial charge in [-0.2, -0.15) is 0 Å². The van der Waals surface area contributed by atoms with Crippen molar-refractivity contribution in [2.75, 3.05) is 0 Å². The molecule has 0 atom stereocenters. The van der Waals surface area contributed by atoms with Crippen LogP contribution < -0.4 is 11.5 Å². The lowest BCUT2D eigenvalue weighted by Crippen LogP contribution is -1.97.